The number of anilines is 1. The van der Waals surface area contributed by atoms with Gasteiger partial charge in [-0.1, -0.05) is 15.9 Å². The lowest BCUT2D eigenvalue weighted by Crippen LogP contribution is -2.34. The van der Waals surface area contributed by atoms with Crippen molar-refractivity contribution in [3.8, 4) is 0 Å². The van der Waals surface area contributed by atoms with Crippen molar-refractivity contribution in [2.75, 3.05) is 5.32 Å². The van der Waals surface area contributed by atoms with Gasteiger partial charge in [0.05, 0.1) is 5.69 Å². The van der Waals surface area contributed by atoms with E-state index in [9.17, 15) is 4.79 Å². The molecule has 5 heteroatoms. The number of carbonyl (C=O) groups excluding carboxylic acids is 1. The number of halogens is 2. The van der Waals surface area contributed by atoms with Gasteiger partial charge < -0.3 is 10.1 Å². The molecule has 0 fully saturated rings. The highest BCUT2D eigenvalue weighted by Crippen LogP contribution is 2.27. The molecule has 0 saturated carbocycles. The van der Waals surface area contributed by atoms with Gasteiger partial charge in [0.15, 0.2) is 0 Å². The molecule has 1 aromatic rings. The van der Waals surface area contributed by atoms with E-state index in [0.29, 0.717) is 0 Å². The second kappa shape index (κ2) is 6.06. The zero-order valence-electron chi connectivity index (χ0n) is 10.9. The van der Waals surface area contributed by atoms with Gasteiger partial charge in [-0.25, -0.2) is 4.79 Å². The first-order valence-corrected chi connectivity index (χ1v) is 7.22. The molecule has 1 atom stereocenters. The minimum Gasteiger partial charge on any atom is -0.458 e. The van der Waals surface area contributed by atoms with E-state index in [4.69, 9.17) is 4.74 Å². The topological polar surface area (TPSA) is 38.3 Å². The molecule has 1 unspecified atom stereocenters. The third kappa shape index (κ3) is 4.98. The van der Waals surface area contributed by atoms with Gasteiger partial charge in [-0.2, -0.15) is 0 Å². The Morgan fingerprint density at radius 2 is 1.94 bits per heavy atom. The molecule has 0 saturated heterocycles. The van der Waals surface area contributed by atoms with E-state index in [-0.39, 0.29) is 5.97 Å². The van der Waals surface area contributed by atoms with E-state index in [1.54, 1.807) is 6.92 Å². The number of carbonyl (C=O) groups is 1. The second-order valence-electron chi connectivity index (χ2n) is 5.02. The maximum absolute atomic E-state index is 11.8. The van der Waals surface area contributed by atoms with Gasteiger partial charge in [-0.15, -0.1) is 0 Å². The number of benzene rings is 1. The molecule has 3 nitrogen and oxygen atoms in total. The fourth-order valence-electron chi connectivity index (χ4n) is 1.29. The summed E-state index contributed by atoms with van der Waals surface area (Å²) in [6.45, 7) is 7.34. The second-order valence-corrected chi connectivity index (χ2v) is 6.79. The lowest BCUT2D eigenvalue weighted by Gasteiger charge is -2.23. The molecule has 0 aliphatic carbocycles. The van der Waals surface area contributed by atoms with Gasteiger partial charge in [0.1, 0.15) is 11.6 Å². The Balaban J connectivity index is 2.72. The van der Waals surface area contributed by atoms with Crippen LogP contribution in [0.25, 0.3) is 0 Å². The first-order chi connectivity index (χ1) is 8.19. The summed E-state index contributed by atoms with van der Waals surface area (Å²) in [4.78, 5) is 11.8. The Kier molecular flexibility index (Phi) is 5.22. The molecule has 0 radical (unpaired) electrons. The average molecular weight is 379 g/mol. The highest BCUT2D eigenvalue weighted by atomic mass is 79.9. The van der Waals surface area contributed by atoms with Crippen LogP contribution in [-0.4, -0.2) is 17.6 Å². The Labute approximate surface area is 125 Å². The molecule has 1 N–H and O–H groups in total. The van der Waals surface area contributed by atoms with Crippen molar-refractivity contribution in [2.45, 2.75) is 39.3 Å². The van der Waals surface area contributed by atoms with Crippen LogP contribution in [0.4, 0.5) is 5.69 Å². The Hall–Kier alpha value is -0.550. The third-order valence-corrected chi connectivity index (χ3v) is 3.25. The molecule has 0 amide bonds. The summed E-state index contributed by atoms with van der Waals surface area (Å²) in [5.41, 5.74) is 0.379. The zero-order valence-corrected chi connectivity index (χ0v) is 14.1. The van der Waals surface area contributed by atoms with E-state index in [1.807, 2.05) is 39.0 Å². The number of rotatable bonds is 3. The van der Waals surface area contributed by atoms with Crippen LogP contribution in [0.3, 0.4) is 0 Å². The van der Waals surface area contributed by atoms with Crippen molar-refractivity contribution >= 4 is 43.5 Å². The van der Waals surface area contributed by atoms with Gasteiger partial charge in [-0.3, -0.25) is 0 Å². The summed E-state index contributed by atoms with van der Waals surface area (Å²) in [6, 6.07) is 5.34. The SMILES string of the molecule is CC(Nc1cc(Br)ccc1Br)C(=O)OC(C)(C)C. The van der Waals surface area contributed by atoms with Crippen LogP contribution in [0.15, 0.2) is 27.1 Å². The highest BCUT2D eigenvalue weighted by molar-refractivity contribution is 9.11. The van der Waals surface area contributed by atoms with Crippen molar-refractivity contribution in [1.82, 2.24) is 0 Å². The van der Waals surface area contributed by atoms with Crippen molar-refractivity contribution in [3.63, 3.8) is 0 Å². The summed E-state index contributed by atoms with van der Waals surface area (Å²) in [5.74, 6) is -0.269. The molecule has 0 aliphatic rings. The number of esters is 1. The van der Waals surface area contributed by atoms with E-state index in [0.717, 1.165) is 14.6 Å². The Morgan fingerprint density at radius 3 is 2.50 bits per heavy atom. The first-order valence-electron chi connectivity index (χ1n) is 5.63. The summed E-state index contributed by atoms with van der Waals surface area (Å²) >= 11 is 6.83. The standard InChI is InChI=1S/C13H17Br2NO2/c1-8(12(17)18-13(2,3)4)16-11-7-9(14)5-6-10(11)15/h5-8,16H,1-4H3. The van der Waals surface area contributed by atoms with Crippen LogP contribution in [0, 0.1) is 0 Å². The van der Waals surface area contributed by atoms with Crippen molar-refractivity contribution < 1.29 is 9.53 Å². The molecular weight excluding hydrogens is 362 g/mol. The van der Waals surface area contributed by atoms with Crippen LogP contribution in [-0.2, 0) is 9.53 Å². The first kappa shape index (κ1) is 15.5. The smallest absolute Gasteiger partial charge is 0.328 e. The zero-order chi connectivity index (χ0) is 13.9. The predicted molar refractivity (Wildman–Crippen MR) is 80.8 cm³/mol. The minimum atomic E-state index is -0.471. The summed E-state index contributed by atoms with van der Waals surface area (Å²) < 4.78 is 7.17. The number of hydrogen-bond acceptors (Lipinski definition) is 3. The maximum atomic E-state index is 11.8. The van der Waals surface area contributed by atoms with Crippen molar-refractivity contribution in [2.24, 2.45) is 0 Å². The summed E-state index contributed by atoms with van der Waals surface area (Å²) in [7, 11) is 0. The van der Waals surface area contributed by atoms with Crippen molar-refractivity contribution in [3.05, 3.63) is 27.1 Å². The van der Waals surface area contributed by atoms with E-state index in [2.05, 4.69) is 37.2 Å². The Bertz CT molecular complexity index is 441. The molecule has 0 aliphatic heterocycles. The summed E-state index contributed by atoms with van der Waals surface area (Å²) in [5, 5.41) is 3.12. The highest BCUT2D eigenvalue weighted by Gasteiger charge is 2.22. The van der Waals surface area contributed by atoms with E-state index in [1.165, 1.54) is 0 Å². The van der Waals surface area contributed by atoms with Gasteiger partial charge >= 0.3 is 5.97 Å². The Morgan fingerprint density at radius 1 is 1.33 bits per heavy atom. The molecule has 1 rings (SSSR count). The van der Waals surface area contributed by atoms with Gasteiger partial charge in [-0.05, 0) is 61.8 Å². The van der Waals surface area contributed by atoms with Gasteiger partial charge in [0.25, 0.3) is 0 Å². The van der Waals surface area contributed by atoms with Crippen LogP contribution in [0.2, 0.25) is 0 Å². The van der Waals surface area contributed by atoms with Crippen molar-refractivity contribution in [1.29, 1.82) is 0 Å². The molecule has 0 heterocycles. The number of ether oxygens (including phenoxy) is 1. The molecule has 0 spiro atoms. The monoisotopic (exact) mass is 377 g/mol. The van der Waals surface area contributed by atoms with Crippen LogP contribution in [0.1, 0.15) is 27.7 Å². The fourth-order valence-corrected chi connectivity index (χ4v) is 2.01. The summed E-state index contributed by atoms with van der Waals surface area (Å²) in [6.07, 6.45) is 0. The molecule has 18 heavy (non-hydrogen) atoms. The molecule has 1 aromatic carbocycles. The van der Waals surface area contributed by atoms with E-state index < -0.39 is 11.6 Å². The van der Waals surface area contributed by atoms with Crippen LogP contribution < -0.4 is 5.32 Å². The quantitative estimate of drug-likeness (QED) is 0.794. The predicted octanol–water partition coefficient (Wildman–Crippen LogP) is 4.35. The lowest BCUT2D eigenvalue weighted by atomic mass is 10.2. The van der Waals surface area contributed by atoms with Crippen LogP contribution >= 0.6 is 31.9 Å². The fraction of sp³-hybridized carbons (Fsp3) is 0.462. The lowest BCUT2D eigenvalue weighted by molar-refractivity contribution is -0.155. The number of hydrogen-bond donors (Lipinski definition) is 1. The molecule has 0 aromatic heterocycles. The van der Waals surface area contributed by atoms with E-state index >= 15 is 0 Å². The van der Waals surface area contributed by atoms with Crippen LogP contribution in [0.5, 0.6) is 0 Å². The maximum Gasteiger partial charge on any atom is 0.328 e. The molecule has 0 bridgehead atoms. The van der Waals surface area contributed by atoms with Gasteiger partial charge in [0.2, 0.25) is 0 Å². The normalized spacial score (nSPS) is 13.0. The number of nitrogens with one attached hydrogen (secondary N) is 1. The average Bonchev–Trinajstić information content (AvgIpc) is 2.21. The largest absolute Gasteiger partial charge is 0.458 e. The third-order valence-electron chi connectivity index (χ3n) is 2.06. The van der Waals surface area contributed by atoms with Gasteiger partial charge in [0, 0.05) is 8.95 Å². The molecular formula is C13H17Br2NO2. The molecule has 100 valence electrons. The minimum absolute atomic E-state index is 0.269.